The molecule has 0 aromatic heterocycles. The molecule has 2 amide bonds. The number of ether oxygens (including phenoxy) is 2. The van der Waals surface area contributed by atoms with Gasteiger partial charge in [-0.2, -0.15) is 4.31 Å². The molecule has 0 radical (unpaired) electrons. The number of piperidine rings is 1. The van der Waals surface area contributed by atoms with Gasteiger partial charge in [-0.15, -0.1) is 0 Å². The first-order chi connectivity index (χ1) is 15.8. The maximum atomic E-state index is 12.7. The van der Waals surface area contributed by atoms with Crippen molar-refractivity contribution < 1.29 is 27.5 Å². The molecule has 2 aromatic rings. The van der Waals surface area contributed by atoms with Gasteiger partial charge in [-0.3, -0.25) is 9.59 Å². The van der Waals surface area contributed by atoms with E-state index < -0.39 is 16.1 Å². The quantitative estimate of drug-likeness (QED) is 0.663. The second-order valence-corrected chi connectivity index (χ2v) is 10.0. The molecule has 2 aliphatic heterocycles. The van der Waals surface area contributed by atoms with Gasteiger partial charge in [0.2, 0.25) is 21.8 Å². The van der Waals surface area contributed by atoms with Crippen LogP contribution >= 0.6 is 0 Å². The highest BCUT2D eigenvalue weighted by atomic mass is 32.2. The van der Waals surface area contributed by atoms with Gasteiger partial charge in [0.05, 0.1) is 4.90 Å². The van der Waals surface area contributed by atoms with Gasteiger partial charge in [0, 0.05) is 30.8 Å². The minimum absolute atomic E-state index is 0.248. The molecule has 1 saturated heterocycles. The van der Waals surface area contributed by atoms with Crippen LogP contribution in [0.25, 0.3) is 0 Å². The van der Waals surface area contributed by atoms with E-state index in [1.54, 1.807) is 55.5 Å². The Kier molecular flexibility index (Phi) is 6.85. The van der Waals surface area contributed by atoms with Gasteiger partial charge in [0.25, 0.3) is 0 Å². The van der Waals surface area contributed by atoms with Gasteiger partial charge in [-0.05, 0) is 44.0 Å². The Bertz CT molecular complexity index is 1110. The number of fused-ring (bicyclic) bond motifs is 1. The standard InChI is InChI=1S/C23H27N3O6S/c1-16(22(27)25-18-7-8-20-21(15-18)32-14-13-31-20)24-23(28)17-9-11-26(12-10-17)33(29,30)19-5-3-2-4-6-19/h2-8,15-17H,9-14H2,1H3,(H,24,28)(H,25,27)/t16-/m1/s1. The van der Waals surface area contributed by atoms with E-state index in [0.717, 1.165) is 0 Å². The van der Waals surface area contributed by atoms with Crippen LogP contribution in [0, 0.1) is 5.92 Å². The monoisotopic (exact) mass is 473 g/mol. The number of nitrogens with one attached hydrogen (secondary N) is 2. The average Bonchev–Trinajstić information content (AvgIpc) is 2.84. The molecule has 2 N–H and O–H groups in total. The lowest BCUT2D eigenvalue weighted by atomic mass is 9.97. The Labute approximate surface area is 193 Å². The first kappa shape index (κ1) is 23.1. The van der Waals surface area contributed by atoms with Crippen molar-refractivity contribution >= 4 is 27.5 Å². The maximum Gasteiger partial charge on any atom is 0.246 e. The molecule has 2 aromatic carbocycles. The number of rotatable bonds is 6. The Morgan fingerprint density at radius 3 is 2.36 bits per heavy atom. The summed E-state index contributed by atoms with van der Waals surface area (Å²) in [6, 6.07) is 12.6. The fourth-order valence-corrected chi connectivity index (χ4v) is 5.36. The summed E-state index contributed by atoms with van der Waals surface area (Å²) in [6.45, 7) is 3.06. The van der Waals surface area contributed by atoms with Crippen LogP contribution in [0.4, 0.5) is 5.69 Å². The molecule has 9 nitrogen and oxygen atoms in total. The third-order valence-corrected chi connectivity index (χ3v) is 7.68. The largest absolute Gasteiger partial charge is 0.486 e. The van der Waals surface area contributed by atoms with Gasteiger partial charge in [0.15, 0.2) is 11.5 Å². The third kappa shape index (κ3) is 5.28. The molecule has 0 aliphatic carbocycles. The Balaban J connectivity index is 1.28. The molecule has 2 aliphatic rings. The summed E-state index contributed by atoms with van der Waals surface area (Å²) in [5, 5.41) is 5.51. The number of carbonyl (C=O) groups excluding carboxylic acids is 2. The lowest BCUT2D eigenvalue weighted by Gasteiger charge is -2.31. The zero-order valence-electron chi connectivity index (χ0n) is 18.3. The van der Waals surface area contributed by atoms with Crippen molar-refractivity contribution in [2.45, 2.75) is 30.7 Å². The summed E-state index contributed by atoms with van der Waals surface area (Å²) >= 11 is 0. The van der Waals surface area contributed by atoms with E-state index in [2.05, 4.69) is 10.6 Å². The fraction of sp³-hybridized carbons (Fsp3) is 0.391. The molecular weight excluding hydrogens is 446 g/mol. The van der Waals surface area contributed by atoms with Crippen LogP contribution in [0.15, 0.2) is 53.4 Å². The first-order valence-corrected chi connectivity index (χ1v) is 12.3. The highest BCUT2D eigenvalue weighted by molar-refractivity contribution is 7.89. The maximum absolute atomic E-state index is 12.7. The fourth-order valence-electron chi connectivity index (χ4n) is 3.87. The third-order valence-electron chi connectivity index (χ3n) is 5.77. The summed E-state index contributed by atoms with van der Waals surface area (Å²) in [5.74, 6) is 0.228. The number of amides is 2. The summed E-state index contributed by atoms with van der Waals surface area (Å²) in [4.78, 5) is 25.5. The van der Waals surface area contributed by atoms with Crippen molar-refractivity contribution in [3.63, 3.8) is 0 Å². The van der Waals surface area contributed by atoms with E-state index in [4.69, 9.17) is 9.47 Å². The number of sulfonamides is 1. The van der Waals surface area contributed by atoms with Crippen molar-refractivity contribution in [3.05, 3.63) is 48.5 Å². The van der Waals surface area contributed by atoms with E-state index in [9.17, 15) is 18.0 Å². The Hall–Kier alpha value is -3.11. The number of hydrogen-bond acceptors (Lipinski definition) is 6. The Morgan fingerprint density at radius 2 is 1.67 bits per heavy atom. The molecule has 0 saturated carbocycles. The minimum Gasteiger partial charge on any atom is -0.486 e. The van der Waals surface area contributed by atoms with Crippen molar-refractivity contribution in [1.29, 1.82) is 0 Å². The van der Waals surface area contributed by atoms with Crippen LogP contribution in [-0.4, -0.2) is 56.9 Å². The van der Waals surface area contributed by atoms with Crippen molar-refractivity contribution in [2.75, 3.05) is 31.6 Å². The molecule has 0 spiro atoms. The number of benzene rings is 2. The van der Waals surface area contributed by atoms with E-state index >= 15 is 0 Å². The van der Waals surface area contributed by atoms with Gasteiger partial charge < -0.3 is 20.1 Å². The van der Waals surface area contributed by atoms with Gasteiger partial charge in [-0.1, -0.05) is 18.2 Å². The summed E-state index contributed by atoms with van der Waals surface area (Å²) in [5.41, 5.74) is 0.546. The smallest absolute Gasteiger partial charge is 0.246 e. The minimum atomic E-state index is -3.57. The Morgan fingerprint density at radius 1 is 1.00 bits per heavy atom. The zero-order valence-corrected chi connectivity index (χ0v) is 19.1. The van der Waals surface area contributed by atoms with Gasteiger partial charge in [0.1, 0.15) is 19.3 Å². The SMILES string of the molecule is C[C@@H](NC(=O)C1CCN(S(=O)(=O)c2ccccc2)CC1)C(=O)Nc1ccc2c(c1)OCCO2. The van der Waals surface area contributed by atoms with Crippen molar-refractivity contribution in [3.8, 4) is 11.5 Å². The average molecular weight is 474 g/mol. The zero-order chi connectivity index (χ0) is 23.4. The van der Waals surface area contributed by atoms with Crippen LogP contribution in [0.5, 0.6) is 11.5 Å². The van der Waals surface area contributed by atoms with Crippen LogP contribution in [0.1, 0.15) is 19.8 Å². The number of nitrogens with zero attached hydrogens (tertiary/aromatic N) is 1. The predicted molar refractivity (Wildman–Crippen MR) is 122 cm³/mol. The lowest BCUT2D eigenvalue weighted by molar-refractivity contribution is -0.129. The lowest BCUT2D eigenvalue weighted by Crippen LogP contribution is -2.47. The number of carbonyl (C=O) groups is 2. The topological polar surface area (TPSA) is 114 Å². The predicted octanol–water partition coefficient (Wildman–Crippen LogP) is 2.00. The molecule has 176 valence electrons. The van der Waals surface area contributed by atoms with Crippen LogP contribution in [0.2, 0.25) is 0 Å². The molecule has 0 unspecified atom stereocenters. The van der Waals surface area contributed by atoms with Crippen molar-refractivity contribution in [2.24, 2.45) is 5.92 Å². The number of hydrogen-bond donors (Lipinski definition) is 2. The second-order valence-electron chi connectivity index (χ2n) is 8.07. The van der Waals surface area contributed by atoms with Gasteiger partial charge >= 0.3 is 0 Å². The van der Waals surface area contributed by atoms with Crippen molar-refractivity contribution in [1.82, 2.24) is 9.62 Å². The first-order valence-electron chi connectivity index (χ1n) is 10.9. The van der Waals surface area contributed by atoms with E-state index in [-0.39, 0.29) is 35.7 Å². The molecule has 33 heavy (non-hydrogen) atoms. The van der Waals surface area contributed by atoms with Crippen LogP contribution < -0.4 is 20.1 Å². The van der Waals surface area contributed by atoms with Gasteiger partial charge in [-0.25, -0.2) is 8.42 Å². The molecule has 1 atom stereocenters. The molecule has 4 rings (SSSR count). The van der Waals surface area contributed by atoms with Crippen LogP contribution in [-0.2, 0) is 19.6 Å². The second kappa shape index (κ2) is 9.80. The molecule has 2 heterocycles. The molecule has 10 heteroatoms. The molecule has 1 fully saturated rings. The molecular formula is C23H27N3O6S. The normalized spacial score (nSPS) is 17.7. The van der Waals surface area contributed by atoms with E-state index in [1.165, 1.54) is 4.31 Å². The highest BCUT2D eigenvalue weighted by Gasteiger charge is 2.32. The summed E-state index contributed by atoms with van der Waals surface area (Å²) < 4.78 is 37.9. The highest BCUT2D eigenvalue weighted by Crippen LogP contribution is 2.32. The number of anilines is 1. The summed E-state index contributed by atoms with van der Waals surface area (Å²) in [6.07, 6.45) is 0.794. The van der Waals surface area contributed by atoms with E-state index in [1.807, 2.05) is 0 Å². The van der Waals surface area contributed by atoms with Crippen LogP contribution in [0.3, 0.4) is 0 Å². The van der Waals surface area contributed by atoms with E-state index in [0.29, 0.717) is 43.2 Å². The summed E-state index contributed by atoms with van der Waals surface area (Å²) in [7, 11) is -3.57. The molecule has 0 bridgehead atoms.